The van der Waals surface area contributed by atoms with Gasteiger partial charge in [0.25, 0.3) is 0 Å². The Kier molecular flexibility index (Phi) is 6.34. The highest BCUT2D eigenvalue weighted by molar-refractivity contribution is 6.37. The Balaban J connectivity index is 1.55. The van der Waals surface area contributed by atoms with Crippen molar-refractivity contribution >= 4 is 52.0 Å². The molecule has 0 unspecified atom stereocenters. The smallest absolute Gasteiger partial charge is 0.196 e. The lowest BCUT2D eigenvalue weighted by molar-refractivity contribution is -0.118. The van der Waals surface area contributed by atoms with Gasteiger partial charge in [-0.2, -0.15) is 5.10 Å². The Hall–Kier alpha value is -4.44. The lowest BCUT2D eigenvalue weighted by Crippen LogP contribution is -2.49. The summed E-state index contributed by atoms with van der Waals surface area (Å²) in [5, 5.41) is 8.53. The van der Waals surface area contributed by atoms with Gasteiger partial charge in [0.05, 0.1) is 17.3 Å². The molecule has 0 amide bonds. The summed E-state index contributed by atoms with van der Waals surface area (Å²) in [7, 11) is 0. The fourth-order valence-electron chi connectivity index (χ4n) is 6.15. The number of rotatable bonds is 4. The van der Waals surface area contributed by atoms with Gasteiger partial charge in [0.1, 0.15) is 0 Å². The molecule has 0 saturated carbocycles. The molecule has 41 heavy (non-hydrogen) atoms. The summed E-state index contributed by atoms with van der Waals surface area (Å²) in [6, 6.07) is 43.5. The van der Waals surface area contributed by atoms with Crippen LogP contribution in [0.1, 0.15) is 33.7 Å². The normalized spacial score (nSPS) is 20.5. The van der Waals surface area contributed by atoms with Gasteiger partial charge in [-0.1, -0.05) is 120 Å². The Morgan fingerprint density at radius 1 is 0.683 bits per heavy atom. The Morgan fingerprint density at radius 3 is 1.95 bits per heavy atom. The van der Waals surface area contributed by atoms with E-state index in [-0.39, 0.29) is 5.78 Å². The van der Waals surface area contributed by atoms with Crippen LogP contribution in [-0.2, 0) is 10.3 Å². The zero-order chi connectivity index (χ0) is 28.0. The molecule has 0 N–H and O–H groups in total. The molecule has 1 spiro atoms. The van der Waals surface area contributed by atoms with E-state index in [1.165, 1.54) is 0 Å². The van der Waals surface area contributed by atoms with Gasteiger partial charge in [0.15, 0.2) is 11.3 Å². The van der Waals surface area contributed by atoms with Crippen LogP contribution in [0.5, 0.6) is 0 Å². The van der Waals surface area contributed by atoms with E-state index in [1.54, 1.807) is 0 Å². The molecule has 1 aliphatic carbocycles. The fourth-order valence-corrected chi connectivity index (χ4v) is 6.40. The maximum Gasteiger partial charge on any atom is 0.196 e. The summed E-state index contributed by atoms with van der Waals surface area (Å²) in [5.74, 6) is -0.417. The highest BCUT2D eigenvalue weighted by Crippen LogP contribution is 2.58. The quantitative estimate of drug-likeness (QED) is 0.202. The number of halogens is 2. The molecule has 3 nitrogen and oxygen atoms in total. The third kappa shape index (κ3) is 4.12. The van der Waals surface area contributed by atoms with Gasteiger partial charge in [-0.15, -0.1) is 0 Å². The molecule has 5 aromatic carbocycles. The first-order valence-corrected chi connectivity index (χ1v) is 14.2. The van der Waals surface area contributed by atoms with Crippen molar-refractivity contribution < 1.29 is 4.79 Å². The number of hydrazone groups is 1. The number of carbonyl (C=O) groups is 1. The number of nitrogens with zero attached hydrogens (tertiary/aromatic N) is 2. The molecule has 1 heterocycles. The number of ketones is 1. The fraction of sp³-hybridized carbons (Fsp3) is 0.0556. The van der Waals surface area contributed by atoms with Crippen LogP contribution in [0.3, 0.4) is 0 Å². The molecule has 0 radical (unpaired) electrons. The largest absolute Gasteiger partial charge is 0.291 e. The van der Waals surface area contributed by atoms with Crippen molar-refractivity contribution in [2.75, 3.05) is 5.01 Å². The van der Waals surface area contributed by atoms with Crippen molar-refractivity contribution in [3.63, 3.8) is 0 Å². The van der Waals surface area contributed by atoms with Crippen LogP contribution in [0.15, 0.2) is 139 Å². The second-order valence-corrected chi connectivity index (χ2v) is 11.1. The number of para-hydroxylation sites is 1. The van der Waals surface area contributed by atoms with E-state index in [2.05, 4.69) is 18.2 Å². The average molecular weight is 572 g/mol. The van der Waals surface area contributed by atoms with Crippen LogP contribution in [0.25, 0.3) is 11.6 Å². The monoisotopic (exact) mass is 570 g/mol. The number of hydrogen-bond donors (Lipinski definition) is 0. The van der Waals surface area contributed by atoms with E-state index in [9.17, 15) is 0 Å². The highest BCUT2D eigenvalue weighted by Gasteiger charge is 2.63. The molecule has 0 bridgehead atoms. The molecule has 2 atom stereocenters. The average Bonchev–Trinajstić information content (AvgIpc) is 3.49. The summed E-state index contributed by atoms with van der Waals surface area (Å²) in [4.78, 5) is 15.2. The first-order valence-electron chi connectivity index (χ1n) is 13.4. The number of anilines is 1. The third-order valence-corrected chi connectivity index (χ3v) is 8.41. The first kappa shape index (κ1) is 25.5. The zero-order valence-electron chi connectivity index (χ0n) is 21.9. The Bertz CT molecular complexity index is 1810. The molecular formula is C36H24Cl2N2O. The van der Waals surface area contributed by atoms with Crippen molar-refractivity contribution in [3.05, 3.63) is 171 Å². The van der Waals surface area contributed by atoms with Gasteiger partial charge in [-0.3, -0.25) is 4.79 Å². The van der Waals surface area contributed by atoms with Gasteiger partial charge >= 0.3 is 0 Å². The lowest BCUT2D eigenvalue weighted by atomic mass is 9.71. The van der Waals surface area contributed by atoms with Gasteiger partial charge < -0.3 is 0 Å². The summed E-state index contributed by atoms with van der Waals surface area (Å²) >= 11 is 12.5. The Labute approximate surface area is 249 Å². The first-order chi connectivity index (χ1) is 20.1. The maximum absolute atomic E-state index is 15.2. The molecule has 0 aromatic heterocycles. The molecule has 5 heteroatoms. The van der Waals surface area contributed by atoms with E-state index in [1.807, 2.05) is 126 Å². The van der Waals surface area contributed by atoms with Crippen LogP contribution in [0.2, 0.25) is 10.0 Å². The molecule has 5 aromatic rings. The maximum atomic E-state index is 15.2. The van der Waals surface area contributed by atoms with Crippen LogP contribution in [-0.4, -0.2) is 11.5 Å². The third-order valence-electron chi connectivity index (χ3n) is 7.91. The summed E-state index contributed by atoms with van der Waals surface area (Å²) in [6.07, 6.45) is 1.97. The number of fused-ring (bicyclic) bond motifs is 2. The van der Waals surface area contributed by atoms with Crippen LogP contribution >= 0.6 is 23.2 Å². The minimum Gasteiger partial charge on any atom is -0.291 e. The highest BCUT2D eigenvalue weighted by atomic mass is 35.5. The van der Waals surface area contributed by atoms with Crippen molar-refractivity contribution in [2.24, 2.45) is 5.10 Å². The number of carbonyl (C=O) groups excluding carboxylic acids is 1. The van der Waals surface area contributed by atoms with Crippen LogP contribution in [0, 0.1) is 0 Å². The van der Waals surface area contributed by atoms with Gasteiger partial charge in [0.2, 0.25) is 0 Å². The Morgan fingerprint density at radius 2 is 1.27 bits per heavy atom. The van der Waals surface area contributed by atoms with Crippen molar-refractivity contribution in [2.45, 2.75) is 11.5 Å². The molecule has 7 rings (SSSR count). The molecule has 0 fully saturated rings. The molecule has 198 valence electrons. The molecule has 2 aliphatic rings. The second-order valence-electron chi connectivity index (χ2n) is 10.2. The number of benzene rings is 5. The SMILES string of the molecule is O=C1/C(=C/c2ccc(Cl)cc2)c2ccccc2[C@]12[C@H](c1ccc(Cl)cc1)C(c1ccccc1)=NN2c1ccccc1. The molecule has 1 aliphatic heterocycles. The second kappa shape index (κ2) is 10.2. The zero-order valence-corrected chi connectivity index (χ0v) is 23.4. The minimum absolute atomic E-state index is 0.00728. The van der Waals surface area contributed by atoms with Crippen LogP contribution < -0.4 is 5.01 Å². The van der Waals surface area contributed by atoms with E-state index in [4.69, 9.17) is 28.3 Å². The van der Waals surface area contributed by atoms with Crippen LogP contribution in [0.4, 0.5) is 5.69 Å². The van der Waals surface area contributed by atoms with E-state index < -0.39 is 11.5 Å². The summed E-state index contributed by atoms with van der Waals surface area (Å²) in [6.45, 7) is 0. The lowest BCUT2D eigenvalue weighted by Gasteiger charge is -2.38. The minimum atomic E-state index is -1.16. The number of Topliss-reactive ketones (excluding diaryl/α,β-unsaturated/α-hetero) is 1. The molecule has 0 saturated heterocycles. The number of hydrogen-bond acceptors (Lipinski definition) is 3. The predicted molar refractivity (Wildman–Crippen MR) is 169 cm³/mol. The van der Waals surface area contributed by atoms with Gasteiger partial charge in [0, 0.05) is 15.6 Å². The van der Waals surface area contributed by atoms with E-state index in [0.29, 0.717) is 15.6 Å². The van der Waals surface area contributed by atoms with Crippen molar-refractivity contribution in [3.8, 4) is 0 Å². The standard InChI is InChI=1S/C36H24Cl2N2O/c37-27-19-15-24(16-20-27)23-31-30-13-7-8-14-32(30)36(35(31)41)33(25-17-21-28(38)22-18-25)34(26-9-3-1-4-10-26)39-40(36)29-11-5-2-6-12-29/h1-23,33H/b31-23+/t33-,36+/m1/s1. The van der Waals surface area contributed by atoms with Crippen molar-refractivity contribution in [1.82, 2.24) is 0 Å². The summed E-state index contributed by atoms with van der Waals surface area (Å²) < 4.78 is 0. The topological polar surface area (TPSA) is 32.7 Å². The van der Waals surface area contributed by atoms with Gasteiger partial charge in [-0.05, 0) is 70.3 Å². The summed E-state index contributed by atoms with van der Waals surface area (Å²) in [5.41, 5.74) is 5.81. The van der Waals surface area contributed by atoms with E-state index >= 15 is 4.79 Å². The van der Waals surface area contributed by atoms with E-state index in [0.717, 1.165) is 39.2 Å². The predicted octanol–water partition coefficient (Wildman–Crippen LogP) is 9.02. The van der Waals surface area contributed by atoms with Crippen molar-refractivity contribution in [1.29, 1.82) is 0 Å². The van der Waals surface area contributed by atoms with Gasteiger partial charge in [-0.25, -0.2) is 5.01 Å². The molecular weight excluding hydrogens is 547 g/mol.